The molecule has 0 aliphatic heterocycles. The van der Waals surface area contributed by atoms with Gasteiger partial charge in [0.25, 0.3) is 0 Å². The van der Waals surface area contributed by atoms with Crippen LogP contribution < -0.4 is 5.84 Å². The molecular weight excluding hydrogens is 397 g/mol. The van der Waals surface area contributed by atoms with Gasteiger partial charge in [0.2, 0.25) is 0 Å². The number of allylic oxidation sites excluding steroid dienone is 1. The molecule has 0 aliphatic rings. The molecule has 3 N–H and O–H groups in total. The van der Waals surface area contributed by atoms with Gasteiger partial charge in [-0.15, -0.1) is 0 Å². The first kappa shape index (κ1) is 24.1. The molecule has 0 aliphatic carbocycles. The summed E-state index contributed by atoms with van der Waals surface area (Å²) in [4.78, 5) is 6.83. The zero-order valence-electron chi connectivity index (χ0n) is 18.8. The third kappa shape index (κ3) is 6.66. The molecule has 0 spiro atoms. The molecule has 0 amide bonds. The maximum atomic E-state index is 13.5. The van der Waals surface area contributed by atoms with Crippen molar-refractivity contribution in [2.45, 2.75) is 13.3 Å². The SMILES string of the molecule is C/C(=N\C(=C/C=N)c1c(-c2ccc(F)cc2)n(C)occn1C)N(N)CCCN(C)C. The molecule has 2 aromatic rings. The molecule has 0 saturated carbocycles. The number of amidine groups is 1. The second kappa shape index (κ2) is 11.3. The lowest BCUT2D eigenvalue weighted by Crippen LogP contribution is -2.37. The highest BCUT2D eigenvalue weighted by Gasteiger charge is 2.16. The Morgan fingerprint density at radius 1 is 1.23 bits per heavy atom. The highest BCUT2D eigenvalue weighted by molar-refractivity contribution is 5.92. The first-order valence-electron chi connectivity index (χ1n) is 9.98. The van der Waals surface area contributed by atoms with E-state index in [1.165, 1.54) is 18.3 Å². The number of nitrogens with two attached hydrogens (primary N) is 1. The zero-order valence-corrected chi connectivity index (χ0v) is 18.8. The fourth-order valence-electron chi connectivity index (χ4n) is 3.09. The molecule has 9 heteroatoms. The smallest absolute Gasteiger partial charge is 0.135 e. The van der Waals surface area contributed by atoms with Crippen molar-refractivity contribution in [1.29, 1.82) is 5.41 Å². The van der Waals surface area contributed by atoms with E-state index < -0.39 is 0 Å². The van der Waals surface area contributed by atoms with Gasteiger partial charge in [-0.05, 0) is 64.3 Å². The van der Waals surface area contributed by atoms with E-state index in [2.05, 4.69) is 4.90 Å². The average Bonchev–Trinajstić information content (AvgIpc) is 2.86. The van der Waals surface area contributed by atoms with E-state index in [0.717, 1.165) is 18.5 Å². The quantitative estimate of drug-likeness (QED) is 0.291. The monoisotopic (exact) mass is 429 g/mol. The molecule has 2 rings (SSSR count). The zero-order chi connectivity index (χ0) is 23.0. The molecule has 168 valence electrons. The summed E-state index contributed by atoms with van der Waals surface area (Å²) in [5.41, 5.74) is 2.63. The number of aryl methyl sites for hydroxylation is 2. The number of hydrazine groups is 1. The molecule has 31 heavy (non-hydrogen) atoms. The Bertz CT molecular complexity index is 978. The average molecular weight is 430 g/mol. The number of halogens is 1. The largest absolute Gasteiger partial charge is 0.386 e. The van der Waals surface area contributed by atoms with Gasteiger partial charge in [-0.3, -0.25) is 5.01 Å². The van der Waals surface area contributed by atoms with E-state index in [4.69, 9.17) is 20.8 Å². The lowest BCUT2D eigenvalue weighted by atomic mass is 10.1. The van der Waals surface area contributed by atoms with Crippen LogP contribution in [-0.4, -0.2) is 58.5 Å². The van der Waals surface area contributed by atoms with Crippen LogP contribution >= 0.6 is 0 Å². The summed E-state index contributed by atoms with van der Waals surface area (Å²) in [6.07, 6.45) is 6.97. The van der Waals surface area contributed by atoms with E-state index >= 15 is 0 Å². The van der Waals surface area contributed by atoms with Crippen LogP contribution in [0.5, 0.6) is 0 Å². The van der Waals surface area contributed by atoms with Gasteiger partial charge in [0.15, 0.2) is 0 Å². The van der Waals surface area contributed by atoms with Crippen LogP contribution in [0.15, 0.2) is 52.3 Å². The van der Waals surface area contributed by atoms with Gasteiger partial charge in [-0.2, -0.15) is 0 Å². The summed E-state index contributed by atoms with van der Waals surface area (Å²) in [7, 11) is 7.66. The summed E-state index contributed by atoms with van der Waals surface area (Å²) >= 11 is 0. The summed E-state index contributed by atoms with van der Waals surface area (Å²) in [6, 6.07) is 6.15. The molecule has 0 unspecified atom stereocenters. The van der Waals surface area contributed by atoms with Crippen LogP contribution in [0.1, 0.15) is 19.0 Å². The third-order valence-electron chi connectivity index (χ3n) is 4.70. The fourth-order valence-corrected chi connectivity index (χ4v) is 3.09. The van der Waals surface area contributed by atoms with Crippen molar-refractivity contribution in [2.75, 3.05) is 27.2 Å². The molecule has 1 heterocycles. The molecule has 0 fully saturated rings. The van der Waals surface area contributed by atoms with E-state index in [0.29, 0.717) is 29.5 Å². The first-order chi connectivity index (χ1) is 14.7. The molecule has 0 atom stereocenters. The Labute approximate surface area is 182 Å². The second-order valence-electron chi connectivity index (χ2n) is 7.43. The van der Waals surface area contributed by atoms with Crippen molar-refractivity contribution < 1.29 is 8.91 Å². The van der Waals surface area contributed by atoms with Crippen molar-refractivity contribution in [1.82, 2.24) is 19.2 Å². The molecule has 1 aromatic carbocycles. The number of nitrogens with zero attached hydrogens (tertiary/aromatic N) is 5. The lowest BCUT2D eigenvalue weighted by Gasteiger charge is -2.20. The number of aliphatic imine (C=N–C) groups is 1. The van der Waals surface area contributed by atoms with E-state index in [-0.39, 0.29) is 5.82 Å². The van der Waals surface area contributed by atoms with Crippen molar-refractivity contribution in [3.05, 3.63) is 54.3 Å². The van der Waals surface area contributed by atoms with Crippen molar-refractivity contribution in [2.24, 2.45) is 24.9 Å². The predicted molar refractivity (Wildman–Crippen MR) is 124 cm³/mol. The number of hydrogen-bond acceptors (Lipinski definition) is 5. The van der Waals surface area contributed by atoms with Crippen molar-refractivity contribution in [3.8, 4) is 11.3 Å². The van der Waals surface area contributed by atoms with Gasteiger partial charge in [0, 0.05) is 38.6 Å². The topological polar surface area (TPSA) is 91.7 Å². The summed E-state index contributed by atoms with van der Waals surface area (Å²) in [6.45, 7) is 3.39. The van der Waals surface area contributed by atoms with Crippen LogP contribution in [0.2, 0.25) is 0 Å². The normalized spacial score (nSPS) is 12.3. The number of aromatic nitrogens is 2. The molecule has 1 aromatic heterocycles. The van der Waals surface area contributed by atoms with Gasteiger partial charge in [0.05, 0.1) is 11.4 Å². The minimum absolute atomic E-state index is 0.324. The Morgan fingerprint density at radius 3 is 2.52 bits per heavy atom. The van der Waals surface area contributed by atoms with Gasteiger partial charge in [-0.1, -0.05) is 0 Å². The van der Waals surface area contributed by atoms with Crippen LogP contribution in [0, 0.1) is 11.2 Å². The Kier molecular flexibility index (Phi) is 8.77. The third-order valence-corrected chi connectivity index (χ3v) is 4.70. The summed E-state index contributed by atoms with van der Waals surface area (Å²) < 4.78 is 22.6. The molecule has 0 saturated heterocycles. The number of hydrogen-bond donors (Lipinski definition) is 2. The van der Waals surface area contributed by atoms with Crippen LogP contribution in [-0.2, 0) is 14.1 Å². The minimum Gasteiger partial charge on any atom is -0.386 e. The number of benzene rings is 1. The maximum absolute atomic E-state index is 13.5. The van der Waals surface area contributed by atoms with Gasteiger partial charge in [-0.25, -0.2) is 20.0 Å². The molecular formula is C22H32FN7O. The highest BCUT2D eigenvalue weighted by Crippen LogP contribution is 2.28. The molecule has 8 nitrogen and oxygen atoms in total. The first-order valence-corrected chi connectivity index (χ1v) is 9.98. The lowest BCUT2D eigenvalue weighted by molar-refractivity contribution is 0.297. The van der Waals surface area contributed by atoms with Gasteiger partial charge >= 0.3 is 0 Å². The van der Waals surface area contributed by atoms with Crippen LogP contribution in [0.25, 0.3) is 17.0 Å². The summed E-state index contributed by atoms with van der Waals surface area (Å²) in [5, 5.41) is 9.26. The Balaban J connectivity index is 2.58. The van der Waals surface area contributed by atoms with E-state index in [1.54, 1.807) is 47.5 Å². The Morgan fingerprint density at radius 2 is 1.90 bits per heavy atom. The number of rotatable bonds is 8. The standard InChI is InChI=1S/C22H32FN7O/c1-17(30(25)14-6-13-27(2)3)26-20(11-12-24)22-21(18-7-9-19(23)10-8-18)29(5)31-16-15-28(22)4/h7-12,15-16,24H,6,13-14,25H2,1-5H3/b20-11-,24-12?,26-17+. The maximum Gasteiger partial charge on any atom is 0.135 e. The van der Waals surface area contributed by atoms with Gasteiger partial charge in [0.1, 0.15) is 23.6 Å². The fraction of sp³-hybridized carbons (Fsp3) is 0.364. The molecule has 0 radical (unpaired) electrons. The predicted octanol–water partition coefficient (Wildman–Crippen LogP) is 3.42. The Hall–Kier alpha value is -3.17. The van der Waals surface area contributed by atoms with Crippen LogP contribution in [0.3, 0.4) is 0 Å². The highest BCUT2D eigenvalue weighted by atomic mass is 19.1. The summed E-state index contributed by atoms with van der Waals surface area (Å²) in [5.74, 6) is 6.50. The second-order valence-corrected chi connectivity index (χ2v) is 7.43. The number of nitrogens with one attached hydrogen (secondary N) is 1. The van der Waals surface area contributed by atoms with E-state index in [1.807, 2.05) is 32.6 Å². The van der Waals surface area contributed by atoms with E-state index in [9.17, 15) is 4.39 Å². The molecule has 0 bridgehead atoms. The van der Waals surface area contributed by atoms with Crippen molar-refractivity contribution in [3.63, 3.8) is 0 Å². The van der Waals surface area contributed by atoms with Crippen LogP contribution in [0.4, 0.5) is 4.39 Å². The van der Waals surface area contributed by atoms with Gasteiger partial charge < -0.3 is 19.4 Å². The van der Waals surface area contributed by atoms with Crippen molar-refractivity contribution >= 4 is 17.7 Å². The minimum atomic E-state index is -0.324.